The lowest BCUT2D eigenvalue weighted by molar-refractivity contribution is -0.141. The van der Waals surface area contributed by atoms with Crippen molar-refractivity contribution >= 4 is 5.97 Å². The van der Waals surface area contributed by atoms with Crippen LogP contribution in [0.1, 0.15) is 16.2 Å². The van der Waals surface area contributed by atoms with Gasteiger partial charge in [-0.1, -0.05) is 0 Å². The van der Waals surface area contributed by atoms with Crippen LogP contribution in [-0.4, -0.2) is 23.2 Å². The molecule has 0 bridgehead atoms. The molecule has 1 aromatic carbocycles. The Balaban J connectivity index is 2.50. The first kappa shape index (κ1) is 13.9. The van der Waals surface area contributed by atoms with Crippen molar-refractivity contribution in [1.82, 2.24) is 4.98 Å². The van der Waals surface area contributed by atoms with Crippen molar-refractivity contribution in [2.75, 3.05) is 7.11 Å². The molecular weight excluding hydrogens is 279 g/mol. The molecule has 5 nitrogen and oxygen atoms in total. The number of carbonyl (C=O) groups is 1. The number of nitrogens with zero attached hydrogens (tertiary/aromatic N) is 1. The number of rotatable bonds is 3. The molecule has 0 spiro atoms. The van der Waals surface area contributed by atoms with Crippen molar-refractivity contribution < 1.29 is 32.2 Å². The Morgan fingerprint density at radius 2 is 1.90 bits per heavy atom. The monoisotopic (exact) mass is 287 g/mol. The van der Waals surface area contributed by atoms with Gasteiger partial charge in [-0.15, -0.1) is 0 Å². The predicted octanol–water partition coefficient (Wildman–Crippen LogP) is 3.07. The highest BCUT2D eigenvalue weighted by atomic mass is 19.4. The fourth-order valence-electron chi connectivity index (χ4n) is 1.51. The van der Waals surface area contributed by atoms with Gasteiger partial charge in [0.05, 0.1) is 7.11 Å². The average Bonchev–Trinajstić information content (AvgIpc) is 2.84. The number of methoxy groups -OCH3 is 1. The third-order valence-electron chi connectivity index (χ3n) is 2.43. The summed E-state index contributed by atoms with van der Waals surface area (Å²) >= 11 is 0. The zero-order valence-electron chi connectivity index (χ0n) is 10.1. The van der Waals surface area contributed by atoms with Crippen molar-refractivity contribution in [3.63, 3.8) is 0 Å². The van der Waals surface area contributed by atoms with Crippen LogP contribution in [0.2, 0.25) is 0 Å². The zero-order valence-corrected chi connectivity index (χ0v) is 10.1. The molecule has 0 fully saturated rings. The number of carboxylic acid groups (broad SMARTS) is 1. The molecule has 0 saturated heterocycles. The molecule has 0 unspecified atom stereocenters. The molecule has 20 heavy (non-hydrogen) atoms. The summed E-state index contributed by atoms with van der Waals surface area (Å²) in [6.45, 7) is 0. The fraction of sp³-hybridized carbons (Fsp3) is 0.167. The van der Waals surface area contributed by atoms with Gasteiger partial charge in [0.25, 0.3) is 0 Å². The third kappa shape index (κ3) is 2.58. The average molecular weight is 287 g/mol. The number of ether oxygens (including phenoxy) is 1. The van der Waals surface area contributed by atoms with Crippen molar-refractivity contribution in [3.8, 4) is 17.2 Å². The van der Waals surface area contributed by atoms with Crippen molar-refractivity contribution in [2.24, 2.45) is 0 Å². The van der Waals surface area contributed by atoms with E-state index in [0.29, 0.717) is 5.75 Å². The molecule has 0 saturated carbocycles. The number of hydrogen-bond donors (Lipinski definition) is 1. The molecule has 0 aliphatic rings. The minimum Gasteiger partial charge on any atom is -0.497 e. The number of aromatic nitrogens is 1. The SMILES string of the molecule is COc1ccc(-c2nc(C(F)(F)F)c(C(=O)O)o2)cc1. The van der Waals surface area contributed by atoms with Crippen LogP contribution < -0.4 is 4.74 Å². The molecule has 0 atom stereocenters. The van der Waals surface area contributed by atoms with E-state index >= 15 is 0 Å². The lowest BCUT2D eigenvalue weighted by atomic mass is 10.2. The van der Waals surface area contributed by atoms with Gasteiger partial charge >= 0.3 is 12.1 Å². The second-order valence-electron chi connectivity index (χ2n) is 3.73. The Bertz CT molecular complexity index is 631. The van der Waals surface area contributed by atoms with Gasteiger partial charge in [0.1, 0.15) is 5.75 Å². The van der Waals surface area contributed by atoms with Crippen LogP contribution >= 0.6 is 0 Å². The highest BCUT2D eigenvalue weighted by Crippen LogP contribution is 2.34. The molecule has 0 radical (unpaired) electrons. The first-order valence-corrected chi connectivity index (χ1v) is 5.28. The predicted molar refractivity (Wildman–Crippen MR) is 60.5 cm³/mol. The van der Waals surface area contributed by atoms with Gasteiger partial charge in [-0.3, -0.25) is 0 Å². The summed E-state index contributed by atoms with van der Waals surface area (Å²) in [4.78, 5) is 14.0. The number of aromatic carboxylic acids is 1. The van der Waals surface area contributed by atoms with Crippen LogP contribution in [-0.2, 0) is 6.18 Å². The smallest absolute Gasteiger partial charge is 0.437 e. The van der Waals surface area contributed by atoms with Crippen molar-refractivity contribution in [2.45, 2.75) is 6.18 Å². The molecule has 0 aliphatic heterocycles. The maximum Gasteiger partial charge on any atom is 0.437 e. The van der Waals surface area contributed by atoms with Gasteiger partial charge in [-0.2, -0.15) is 13.2 Å². The van der Waals surface area contributed by atoms with Crippen LogP contribution in [0.4, 0.5) is 13.2 Å². The van der Waals surface area contributed by atoms with Gasteiger partial charge in [-0.05, 0) is 24.3 Å². The summed E-state index contributed by atoms with van der Waals surface area (Å²) in [6, 6.07) is 5.81. The number of carboxylic acids is 1. The molecule has 8 heteroatoms. The Kier molecular flexibility index (Phi) is 3.39. The van der Waals surface area contributed by atoms with Gasteiger partial charge in [0, 0.05) is 5.56 Å². The van der Waals surface area contributed by atoms with E-state index in [1.54, 1.807) is 0 Å². The van der Waals surface area contributed by atoms with Gasteiger partial charge in [0.2, 0.25) is 11.7 Å². The van der Waals surface area contributed by atoms with E-state index < -0.39 is 29.5 Å². The van der Waals surface area contributed by atoms with Crippen molar-refractivity contribution in [3.05, 3.63) is 35.7 Å². The Morgan fingerprint density at radius 3 is 2.30 bits per heavy atom. The van der Waals surface area contributed by atoms with E-state index in [1.165, 1.54) is 31.4 Å². The number of oxazole rings is 1. The molecule has 2 rings (SSSR count). The molecule has 2 aromatic rings. The summed E-state index contributed by atoms with van der Waals surface area (Å²) in [5, 5.41) is 8.72. The third-order valence-corrected chi connectivity index (χ3v) is 2.43. The molecule has 106 valence electrons. The number of hydrogen-bond acceptors (Lipinski definition) is 4. The highest BCUT2D eigenvalue weighted by Gasteiger charge is 2.41. The molecular formula is C12H8F3NO4. The van der Waals surface area contributed by atoms with Crippen LogP contribution in [0.3, 0.4) is 0 Å². The topological polar surface area (TPSA) is 72.6 Å². The van der Waals surface area contributed by atoms with Gasteiger partial charge < -0.3 is 14.3 Å². The summed E-state index contributed by atoms with van der Waals surface area (Å²) in [5.41, 5.74) is -1.35. The lowest BCUT2D eigenvalue weighted by Gasteiger charge is -2.01. The highest BCUT2D eigenvalue weighted by molar-refractivity contribution is 5.86. The summed E-state index contributed by atoms with van der Waals surface area (Å²) in [7, 11) is 1.43. The molecule has 1 aromatic heterocycles. The first-order valence-electron chi connectivity index (χ1n) is 5.28. The second-order valence-corrected chi connectivity index (χ2v) is 3.73. The number of benzene rings is 1. The summed E-state index contributed by atoms with van der Waals surface area (Å²) in [6.07, 6.45) is -4.90. The maximum atomic E-state index is 12.7. The largest absolute Gasteiger partial charge is 0.497 e. The number of halogens is 3. The second kappa shape index (κ2) is 4.87. The van der Waals surface area contributed by atoms with E-state index in [9.17, 15) is 18.0 Å². The normalized spacial score (nSPS) is 11.4. The maximum absolute atomic E-state index is 12.7. The van der Waals surface area contributed by atoms with Crippen LogP contribution in [0.15, 0.2) is 28.7 Å². The zero-order chi connectivity index (χ0) is 14.9. The Morgan fingerprint density at radius 1 is 1.30 bits per heavy atom. The summed E-state index contributed by atoms with van der Waals surface area (Å²) in [5.74, 6) is -2.99. The van der Waals surface area contributed by atoms with Gasteiger partial charge in [-0.25, -0.2) is 9.78 Å². The van der Waals surface area contributed by atoms with Crippen LogP contribution in [0.25, 0.3) is 11.5 Å². The summed E-state index contributed by atoms with van der Waals surface area (Å²) < 4.78 is 47.5. The lowest BCUT2D eigenvalue weighted by Crippen LogP contribution is -2.11. The quantitative estimate of drug-likeness (QED) is 0.939. The number of alkyl halides is 3. The van der Waals surface area contributed by atoms with Crippen LogP contribution in [0.5, 0.6) is 5.75 Å². The van der Waals surface area contributed by atoms with Crippen LogP contribution in [0, 0.1) is 0 Å². The molecule has 1 N–H and O–H groups in total. The standard InChI is InChI=1S/C12H8F3NO4/c1-19-7-4-2-6(3-5-7)10-16-9(12(13,14)15)8(20-10)11(17)18/h2-5H,1H3,(H,17,18). The molecule has 0 amide bonds. The van der Waals surface area contributed by atoms with E-state index in [1.807, 2.05) is 0 Å². The van der Waals surface area contributed by atoms with E-state index in [2.05, 4.69) is 4.98 Å². The Labute approximate surface area is 110 Å². The van der Waals surface area contributed by atoms with E-state index in [-0.39, 0.29) is 5.56 Å². The minimum atomic E-state index is -4.90. The molecule has 1 heterocycles. The van der Waals surface area contributed by atoms with Gasteiger partial charge in [0.15, 0.2) is 5.69 Å². The fourth-order valence-corrected chi connectivity index (χ4v) is 1.51. The van der Waals surface area contributed by atoms with E-state index in [0.717, 1.165) is 0 Å². The van der Waals surface area contributed by atoms with Crippen molar-refractivity contribution in [1.29, 1.82) is 0 Å². The Hall–Kier alpha value is -2.51. The minimum absolute atomic E-state index is 0.212. The first-order chi connectivity index (χ1) is 9.32. The molecule has 0 aliphatic carbocycles. The van der Waals surface area contributed by atoms with E-state index in [4.69, 9.17) is 14.3 Å².